The number of rotatable bonds is 3. The van der Waals surface area contributed by atoms with Gasteiger partial charge in [0.05, 0.1) is 16.8 Å². The molecule has 0 saturated carbocycles. The lowest BCUT2D eigenvalue weighted by atomic mass is 10.2. The van der Waals surface area contributed by atoms with Crippen molar-refractivity contribution in [3.8, 4) is 0 Å². The number of carbonyl (C=O) groups excluding carboxylic acids is 1. The Morgan fingerprint density at radius 1 is 1.50 bits per heavy atom. The smallest absolute Gasteiger partial charge is 0.315 e. The Morgan fingerprint density at radius 3 is 2.94 bits per heavy atom. The first-order valence-electron chi connectivity index (χ1n) is 5.24. The van der Waals surface area contributed by atoms with Crippen molar-refractivity contribution in [2.45, 2.75) is 19.8 Å². The summed E-state index contributed by atoms with van der Waals surface area (Å²) in [7, 11) is 0. The predicted octanol–water partition coefficient (Wildman–Crippen LogP) is 2.96. The van der Waals surface area contributed by atoms with Gasteiger partial charge in [-0.15, -0.1) is 11.3 Å². The highest BCUT2D eigenvalue weighted by atomic mass is 32.1. The van der Waals surface area contributed by atoms with Crippen molar-refractivity contribution < 1.29 is 9.53 Å². The van der Waals surface area contributed by atoms with E-state index in [4.69, 9.17) is 4.74 Å². The molecule has 0 radical (unpaired) electrons. The van der Waals surface area contributed by atoms with Gasteiger partial charge in [0.2, 0.25) is 0 Å². The van der Waals surface area contributed by atoms with Crippen LogP contribution in [0.2, 0.25) is 0 Å². The number of hydrogen-bond donors (Lipinski definition) is 0. The third kappa shape index (κ3) is 2.07. The van der Waals surface area contributed by atoms with Crippen molar-refractivity contribution in [1.29, 1.82) is 0 Å². The second-order valence-electron chi connectivity index (χ2n) is 3.49. The van der Waals surface area contributed by atoms with Gasteiger partial charge in [0.25, 0.3) is 0 Å². The van der Waals surface area contributed by atoms with Crippen molar-refractivity contribution in [2.75, 3.05) is 6.61 Å². The summed E-state index contributed by atoms with van der Waals surface area (Å²) >= 11 is 1.55. The molecule has 1 aromatic heterocycles. The van der Waals surface area contributed by atoms with Crippen LogP contribution in [-0.2, 0) is 9.53 Å². The van der Waals surface area contributed by atoms with Crippen molar-refractivity contribution in [3.63, 3.8) is 0 Å². The summed E-state index contributed by atoms with van der Waals surface area (Å²) in [5, 5.41) is 0.819. The van der Waals surface area contributed by atoms with Crippen molar-refractivity contribution >= 4 is 27.5 Å². The molecule has 0 amide bonds. The summed E-state index contributed by atoms with van der Waals surface area (Å²) in [6.45, 7) is 4.05. The molecule has 84 valence electrons. The summed E-state index contributed by atoms with van der Waals surface area (Å²) in [6.07, 6.45) is 0. The lowest BCUT2D eigenvalue weighted by Gasteiger charge is -2.06. The molecule has 1 heterocycles. The highest BCUT2D eigenvalue weighted by Crippen LogP contribution is 2.27. The van der Waals surface area contributed by atoms with Crippen LogP contribution in [-0.4, -0.2) is 17.6 Å². The molecule has 1 atom stereocenters. The standard InChI is InChI=1S/C12H13NO2S/c1-3-15-12(14)8(2)11-13-9-6-4-5-7-10(9)16-11/h4-8H,3H2,1-2H3. The van der Waals surface area contributed by atoms with Crippen molar-refractivity contribution in [2.24, 2.45) is 0 Å². The Bertz CT molecular complexity index is 473. The maximum Gasteiger partial charge on any atom is 0.315 e. The van der Waals surface area contributed by atoms with Crippen LogP contribution in [0.4, 0.5) is 0 Å². The fourth-order valence-electron chi connectivity index (χ4n) is 1.44. The zero-order valence-corrected chi connectivity index (χ0v) is 10.1. The molecule has 0 N–H and O–H groups in total. The van der Waals surface area contributed by atoms with Crippen LogP contribution in [0, 0.1) is 0 Å². The van der Waals surface area contributed by atoms with Gasteiger partial charge in [0, 0.05) is 0 Å². The Hall–Kier alpha value is -1.42. The molecule has 0 aliphatic rings. The fourth-order valence-corrected chi connectivity index (χ4v) is 2.45. The zero-order chi connectivity index (χ0) is 11.5. The molecule has 0 aliphatic heterocycles. The summed E-state index contributed by atoms with van der Waals surface area (Å²) in [5.41, 5.74) is 0.943. The number of carbonyl (C=O) groups is 1. The minimum absolute atomic E-state index is 0.207. The molecule has 2 rings (SSSR count). The van der Waals surface area contributed by atoms with E-state index in [0.717, 1.165) is 15.2 Å². The molecular formula is C12H13NO2S. The minimum Gasteiger partial charge on any atom is -0.465 e. The van der Waals surface area contributed by atoms with E-state index in [1.165, 1.54) is 0 Å². The molecule has 0 bridgehead atoms. The van der Waals surface area contributed by atoms with Gasteiger partial charge in [-0.25, -0.2) is 4.98 Å². The number of fused-ring (bicyclic) bond motifs is 1. The first-order chi connectivity index (χ1) is 7.72. The number of thiazole rings is 1. The van der Waals surface area contributed by atoms with Crippen LogP contribution < -0.4 is 0 Å². The zero-order valence-electron chi connectivity index (χ0n) is 9.27. The predicted molar refractivity (Wildman–Crippen MR) is 64.7 cm³/mol. The van der Waals surface area contributed by atoms with Gasteiger partial charge in [-0.3, -0.25) is 4.79 Å². The van der Waals surface area contributed by atoms with E-state index in [-0.39, 0.29) is 11.9 Å². The molecule has 16 heavy (non-hydrogen) atoms. The lowest BCUT2D eigenvalue weighted by molar-refractivity contribution is -0.144. The van der Waals surface area contributed by atoms with E-state index < -0.39 is 0 Å². The first-order valence-corrected chi connectivity index (χ1v) is 6.06. The number of esters is 1. The minimum atomic E-state index is -0.280. The number of nitrogens with zero attached hydrogens (tertiary/aromatic N) is 1. The Balaban J connectivity index is 2.29. The average molecular weight is 235 g/mol. The fraction of sp³-hybridized carbons (Fsp3) is 0.333. The van der Waals surface area contributed by atoms with E-state index in [9.17, 15) is 4.79 Å². The number of ether oxygens (including phenoxy) is 1. The molecule has 2 aromatic rings. The van der Waals surface area contributed by atoms with Gasteiger partial charge in [0.15, 0.2) is 0 Å². The Morgan fingerprint density at radius 2 is 2.25 bits per heavy atom. The topological polar surface area (TPSA) is 39.2 Å². The Labute approximate surface area is 98.1 Å². The molecule has 1 aromatic carbocycles. The molecule has 0 fully saturated rings. The second-order valence-corrected chi connectivity index (χ2v) is 4.56. The second kappa shape index (κ2) is 4.61. The van der Waals surface area contributed by atoms with Crippen molar-refractivity contribution in [3.05, 3.63) is 29.3 Å². The molecule has 0 spiro atoms. The molecule has 0 aliphatic carbocycles. The highest BCUT2D eigenvalue weighted by molar-refractivity contribution is 7.18. The van der Waals surface area contributed by atoms with Crippen LogP contribution in [0.15, 0.2) is 24.3 Å². The maximum absolute atomic E-state index is 11.6. The number of benzene rings is 1. The molecule has 4 heteroatoms. The largest absolute Gasteiger partial charge is 0.465 e. The lowest BCUT2D eigenvalue weighted by Crippen LogP contribution is -2.12. The van der Waals surface area contributed by atoms with Gasteiger partial charge in [0.1, 0.15) is 10.9 Å². The number of para-hydroxylation sites is 1. The summed E-state index contributed by atoms with van der Waals surface area (Å²) in [6, 6.07) is 7.88. The van der Waals surface area contributed by atoms with E-state index in [1.807, 2.05) is 38.1 Å². The van der Waals surface area contributed by atoms with Gasteiger partial charge in [-0.1, -0.05) is 12.1 Å². The summed E-state index contributed by atoms with van der Waals surface area (Å²) in [4.78, 5) is 16.0. The SMILES string of the molecule is CCOC(=O)C(C)c1nc2ccccc2s1. The third-order valence-corrected chi connectivity index (χ3v) is 3.54. The van der Waals surface area contributed by atoms with Gasteiger partial charge < -0.3 is 4.74 Å². The molecule has 3 nitrogen and oxygen atoms in total. The van der Waals surface area contributed by atoms with Crippen molar-refractivity contribution in [1.82, 2.24) is 4.98 Å². The van der Waals surface area contributed by atoms with E-state index >= 15 is 0 Å². The number of hydrogen-bond acceptors (Lipinski definition) is 4. The summed E-state index contributed by atoms with van der Waals surface area (Å²) in [5.74, 6) is -0.487. The van der Waals surface area contributed by atoms with Crippen LogP contribution in [0.1, 0.15) is 24.8 Å². The Kier molecular flexibility index (Phi) is 3.19. The quantitative estimate of drug-likeness (QED) is 0.768. The monoisotopic (exact) mass is 235 g/mol. The highest BCUT2D eigenvalue weighted by Gasteiger charge is 2.20. The van der Waals surface area contributed by atoms with E-state index in [0.29, 0.717) is 6.61 Å². The number of aromatic nitrogens is 1. The maximum atomic E-state index is 11.6. The van der Waals surface area contributed by atoms with Gasteiger partial charge in [-0.05, 0) is 26.0 Å². The van der Waals surface area contributed by atoms with Gasteiger partial charge >= 0.3 is 5.97 Å². The normalized spacial score (nSPS) is 12.6. The molecular weight excluding hydrogens is 222 g/mol. The van der Waals surface area contributed by atoms with Crippen LogP contribution in [0.5, 0.6) is 0 Å². The average Bonchev–Trinajstić information content (AvgIpc) is 2.71. The van der Waals surface area contributed by atoms with Crippen LogP contribution >= 0.6 is 11.3 Å². The summed E-state index contributed by atoms with van der Waals surface area (Å²) < 4.78 is 6.09. The van der Waals surface area contributed by atoms with E-state index in [2.05, 4.69) is 4.98 Å². The van der Waals surface area contributed by atoms with Gasteiger partial charge in [-0.2, -0.15) is 0 Å². The third-order valence-electron chi connectivity index (χ3n) is 2.32. The van der Waals surface area contributed by atoms with Crippen LogP contribution in [0.3, 0.4) is 0 Å². The molecule has 1 unspecified atom stereocenters. The molecule has 0 saturated heterocycles. The first kappa shape index (κ1) is 11.1. The van der Waals surface area contributed by atoms with Crippen LogP contribution in [0.25, 0.3) is 10.2 Å². The van der Waals surface area contributed by atoms with E-state index in [1.54, 1.807) is 11.3 Å².